The fraction of sp³-hybridized carbons (Fsp3) is 0. The predicted molar refractivity (Wildman–Crippen MR) is 65.1 cm³/mol. The Bertz CT molecular complexity index is 614. The average Bonchev–Trinajstić information content (AvgIpc) is 2.73. The van der Waals surface area contributed by atoms with Gasteiger partial charge in [0.15, 0.2) is 5.82 Å². The minimum atomic E-state index is 0.418. The molecule has 0 saturated heterocycles. The highest BCUT2D eigenvalue weighted by Gasteiger charge is 2.10. The zero-order valence-electron chi connectivity index (χ0n) is 8.29. The second-order valence-corrected chi connectivity index (χ2v) is 4.31. The van der Waals surface area contributed by atoms with E-state index in [1.54, 1.807) is 23.7 Å². The first-order chi connectivity index (χ1) is 7.84. The smallest absolute Gasteiger partial charge is 0.152 e. The third-order valence-electron chi connectivity index (χ3n) is 2.22. The summed E-state index contributed by atoms with van der Waals surface area (Å²) in [5, 5.41) is 0.812. The Labute approximate surface area is 95.8 Å². The summed E-state index contributed by atoms with van der Waals surface area (Å²) < 4.78 is 1.13. The van der Waals surface area contributed by atoms with E-state index >= 15 is 0 Å². The molecular weight excluding hydrogens is 220 g/mol. The van der Waals surface area contributed by atoms with E-state index in [4.69, 9.17) is 5.73 Å². The number of fused-ring (bicyclic) bond motifs is 1. The van der Waals surface area contributed by atoms with Crippen LogP contribution in [0.4, 0.5) is 5.82 Å². The Morgan fingerprint density at radius 2 is 1.88 bits per heavy atom. The number of nitrogens with zero attached hydrogens (tertiary/aromatic N) is 3. The van der Waals surface area contributed by atoms with Crippen LogP contribution in [0.5, 0.6) is 0 Å². The summed E-state index contributed by atoms with van der Waals surface area (Å²) in [6.45, 7) is 0. The highest BCUT2D eigenvalue weighted by Crippen LogP contribution is 2.30. The van der Waals surface area contributed by atoms with E-state index in [1.807, 2.05) is 24.3 Å². The highest BCUT2D eigenvalue weighted by atomic mass is 32.1. The van der Waals surface area contributed by atoms with Gasteiger partial charge in [0.1, 0.15) is 10.7 Å². The van der Waals surface area contributed by atoms with Gasteiger partial charge in [-0.3, -0.25) is 0 Å². The summed E-state index contributed by atoms with van der Waals surface area (Å²) in [7, 11) is 0. The van der Waals surface area contributed by atoms with Gasteiger partial charge in [-0.2, -0.15) is 0 Å². The summed E-state index contributed by atoms with van der Waals surface area (Å²) in [6.07, 6.45) is 3.20. The number of aromatic nitrogens is 3. The van der Waals surface area contributed by atoms with Crippen molar-refractivity contribution < 1.29 is 0 Å². The Kier molecular flexibility index (Phi) is 2.04. The van der Waals surface area contributed by atoms with Gasteiger partial charge >= 0.3 is 0 Å². The van der Waals surface area contributed by atoms with Crippen LogP contribution in [-0.4, -0.2) is 15.0 Å². The van der Waals surface area contributed by atoms with Crippen molar-refractivity contribution in [2.24, 2.45) is 0 Å². The van der Waals surface area contributed by atoms with Crippen LogP contribution in [0, 0.1) is 0 Å². The van der Waals surface area contributed by atoms with Crippen molar-refractivity contribution in [2.45, 2.75) is 0 Å². The second-order valence-electron chi connectivity index (χ2n) is 3.28. The van der Waals surface area contributed by atoms with Gasteiger partial charge in [0, 0.05) is 12.4 Å². The molecule has 16 heavy (non-hydrogen) atoms. The zero-order chi connectivity index (χ0) is 11.0. The molecule has 0 radical (unpaired) electrons. The molecule has 0 aliphatic heterocycles. The van der Waals surface area contributed by atoms with Gasteiger partial charge in [-0.1, -0.05) is 12.1 Å². The minimum Gasteiger partial charge on any atom is -0.382 e. The van der Waals surface area contributed by atoms with E-state index < -0.39 is 0 Å². The molecule has 0 fully saturated rings. The molecule has 4 nitrogen and oxygen atoms in total. The molecule has 0 aliphatic carbocycles. The number of benzene rings is 1. The first-order valence-corrected chi connectivity index (χ1v) is 5.58. The Morgan fingerprint density at radius 1 is 1.06 bits per heavy atom. The molecule has 2 N–H and O–H groups in total. The quantitative estimate of drug-likeness (QED) is 0.694. The standard InChI is InChI=1S/C11H8N4S/c12-10-9(13-5-6-14-10)11-15-7-3-1-2-4-8(7)16-11/h1-6H,(H2,12,14). The van der Waals surface area contributed by atoms with Crippen LogP contribution in [-0.2, 0) is 0 Å². The van der Waals surface area contributed by atoms with Gasteiger partial charge in [-0.15, -0.1) is 11.3 Å². The molecule has 0 spiro atoms. The molecule has 0 saturated carbocycles. The second kappa shape index (κ2) is 3.53. The number of thiazole rings is 1. The van der Waals surface area contributed by atoms with Crippen LogP contribution in [0.3, 0.4) is 0 Å². The minimum absolute atomic E-state index is 0.418. The molecule has 5 heteroatoms. The number of para-hydroxylation sites is 1. The van der Waals surface area contributed by atoms with E-state index in [1.165, 1.54) is 0 Å². The summed E-state index contributed by atoms with van der Waals surface area (Å²) >= 11 is 1.57. The van der Waals surface area contributed by atoms with Crippen molar-refractivity contribution in [2.75, 3.05) is 5.73 Å². The topological polar surface area (TPSA) is 64.7 Å². The molecule has 2 heterocycles. The van der Waals surface area contributed by atoms with E-state index in [9.17, 15) is 0 Å². The molecule has 0 amide bonds. The zero-order valence-corrected chi connectivity index (χ0v) is 9.11. The van der Waals surface area contributed by atoms with Gasteiger partial charge in [0.05, 0.1) is 10.2 Å². The van der Waals surface area contributed by atoms with E-state index in [-0.39, 0.29) is 0 Å². The van der Waals surface area contributed by atoms with Crippen LogP contribution in [0.2, 0.25) is 0 Å². The molecule has 0 aliphatic rings. The Hall–Kier alpha value is -2.01. The number of nitrogen functional groups attached to an aromatic ring is 1. The van der Waals surface area contributed by atoms with Crippen LogP contribution in [0.25, 0.3) is 20.9 Å². The van der Waals surface area contributed by atoms with Crippen molar-refractivity contribution >= 4 is 27.4 Å². The van der Waals surface area contributed by atoms with Crippen LogP contribution in [0.1, 0.15) is 0 Å². The van der Waals surface area contributed by atoms with Crippen molar-refractivity contribution in [1.82, 2.24) is 15.0 Å². The van der Waals surface area contributed by atoms with Gasteiger partial charge in [0.2, 0.25) is 0 Å². The molecule has 78 valence electrons. The monoisotopic (exact) mass is 228 g/mol. The largest absolute Gasteiger partial charge is 0.382 e. The number of anilines is 1. The number of rotatable bonds is 1. The lowest BCUT2D eigenvalue weighted by Crippen LogP contribution is -1.95. The number of nitrogens with two attached hydrogens (primary N) is 1. The van der Waals surface area contributed by atoms with Crippen molar-refractivity contribution in [3.8, 4) is 10.7 Å². The maximum atomic E-state index is 5.77. The van der Waals surface area contributed by atoms with Crippen molar-refractivity contribution in [3.05, 3.63) is 36.7 Å². The third kappa shape index (κ3) is 1.42. The van der Waals surface area contributed by atoms with Gasteiger partial charge in [-0.25, -0.2) is 15.0 Å². The summed E-state index contributed by atoms with van der Waals surface area (Å²) in [6, 6.07) is 7.96. The molecule has 3 aromatic rings. The Morgan fingerprint density at radius 3 is 2.69 bits per heavy atom. The van der Waals surface area contributed by atoms with E-state index in [0.717, 1.165) is 15.2 Å². The van der Waals surface area contributed by atoms with E-state index in [2.05, 4.69) is 15.0 Å². The fourth-order valence-electron chi connectivity index (χ4n) is 1.49. The summed E-state index contributed by atoms with van der Waals surface area (Å²) in [5.41, 5.74) is 7.39. The third-order valence-corrected chi connectivity index (χ3v) is 3.27. The maximum absolute atomic E-state index is 5.77. The molecule has 2 aromatic heterocycles. The first kappa shape index (κ1) is 9.23. The molecule has 1 aromatic carbocycles. The summed E-state index contributed by atoms with van der Waals surface area (Å²) in [5.74, 6) is 0.418. The SMILES string of the molecule is Nc1nccnc1-c1nc2ccccc2s1. The number of hydrogen-bond acceptors (Lipinski definition) is 5. The lowest BCUT2D eigenvalue weighted by Gasteiger charge is -1.97. The lowest BCUT2D eigenvalue weighted by atomic mass is 10.3. The van der Waals surface area contributed by atoms with Gasteiger partial charge in [-0.05, 0) is 12.1 Å². The first-order valence-electron chi connectivity index (χ1n) is 4.77. The molecule has 0 unspecified atom stereocenters. The average molecular weight is 228 g/mol. The maximum Gasteiger partial charge on any atom is 0.152 e. The summed E-state index contributed by atoms with van der Waals surface area (Å²) in [4.78, 5) is 12.7. The van der Waals surface area contributed by atoms with Crippen LogP contribution < -0.4 is 5.73 Å². The highest BCUT2D eigenvalue weighted by molar-refractivity contribution is 7.21. The normalized spacial score (nSPS) is 10.8. The van der Waals surface area contributed by atoms with Gasteiger partial charge < -0.3 is 5.73 Å². The van der Waals surface area contributed by atoms with Crippen molar-refractivity contribution in [1.29, 1.82) is 0 Å². The number of hydrogen-bond donors (Lipinski definition) is 1. The molecule has 0 atom stereocenters. The Balaban J connectivity index is 2.23. The molecule has 0 bridgehead atoms. The van der Waals surface area contributed by atoms with Crippen molar-refractivity contribution in [3.63, 3.8) is 0 Å². The van der Waals surface area contributed by atoms with Crippen LogP contribution >= 0.6 is 11.3 Å². The molecule has 3 rings (SSSR count). The molecular formula is C11H8N4S. The predicted octanol–water partition coefficient (Wildman–Crippen LogP) is 2.34. The van der Waals surface area contributed by atoms with E-state index in [0.29, 0.717) is 11.5 Å². The van der Waals surface area contributed by atoms with Gasteiger partial charge in [0.25, 0.3) is 0 Å². The van der Waals surface area contributed by atoms with Crippen LogP contribution in [0.15, 0.2) is 36.7 Å². The lowest BCUT2D eigenvalue weighted by molar-refractivity contribution is 1.21. The fourth-order valence-corrected chi connectivity index (χ4v) is 2.46.